The highest BCUT2D eigenvalue weighted by Crippen LogP contribution is 2.25. The van der Waals surface area contributed by atoms with E-state index in [1.165, 1.54) is 16.7 Å². The van der Waals surface area contributed by atoms with Crippen LogP contribution in [0.2, 0.25) is 0 Å². The number of aryl methyl sites for hydroxylation is 2. The first-order valence-corrected chi connectivity index (χ1v) is 6.33. The van der Waals surface area contributed by atoms with Crippen LogP contribution in [-0.4, -0.2) is 16.8 Å². The Kier molecular flexibility index (Phi) is 3.64. The normalized spacial score (nSPS) is 12.7. The van der Waals surface area contributed by atoms with E-state index in [0.29, 0.717) is 0 Å². The fourth-order valence-corrected chi connectivity index (χ4v) is 2.21. The van der Waals surface area contributed by atoms with Crippen molar-refractivity contribution in [2.75, 3.05) is 7.05 Å². The van der Waals surface area contributed by atoms with Crippen molar-refractivity contribution in [2.24, 2.45) is 7.05 Å². The van der Waals surface area contributed by atoms with Crippen molar-refractivity contribution in [3.63, 3.8) is 0 Å². The zero-order valence-corrected chi connectivity index (χ0v) is 11.8. The molecule has 0 aliphatic carbocycles. The van der Waals surface area contributed by atoms with E-state index in [0.717, 1.165) is 4.47 Å². The minimum atomic E-state index is 0.190. The Hall–Kier alpha value is -1.13. The van der Waals surface area contributed by atoms with Gasteiger partial charge in [0.2, 0.25) is 0 Å². The minimum absolute atomic E-state index is 0.190. The maximum Gasteiger partial charge on any atom is 0.0605 e. The number of nitrogens with one attached hydrogen (secondary N) is 1. The van der Waals surface area contributed by atoms with Crippen LogP contribution >= 0.6 is 15.9 Å². The molecule has 1 aromatic heterocycles. The lowest BCUT2D eigenvalue weighted by Crippen LogP contribution is -2.17. The van der Waals surface area contributed by atoms with Gasteiger partial charge in [-0.2, -0.15) is 5.10 Å². The monoisotopic (exact) mass is 293 g/mol. The Labute approximate surface area is 110 Å². The van der Waals surface area contributed by atoms with Crippen LogP contribution in [0.1, 0.15) is 22.7 Å². The summed E-state index contributed by atoms with van der Waals surface area (Å²) >= 11 is 3.52. The molecule has 1 atom stereocenters. The number of halogens is 1. The maximum absolute atomic E-state index is 4.22. The van der Waals surface area contributed by atoms with Gasteiger partial charge in [0.05, 0.1) is 12.2 Å². The number of hydrogen-bond acceptors (Lipinski definition) is 2. The highest BCUT2D eigenvalue weighted by atomic mass is 79.9. The summed E-state index contributed by atoms with van der Waals surface area (Å²) in [5, 5.41) is 7.54. The third kappa shape index (κ3) is 2.58. The maximum atomic E-state index is 4.22. The van der Waals surface area contributed by atoms with Crippen LogP contribution in [0.4, 0.5) is 0 Å². The molecule has 0 bridgehead atoms. The average molecular weight is 294 g/mol. The minimum Gasteiger partial charge on any atom is -0.309 e. The summed E-state index contributed by atoms with van der Waals surface area (Å²) in [5.41, 5.74) is 3.67. The van der Waals surface area contributed by atoms with Crippen LogP contribution < -0.4 is 5.32 Å². The van der Waals surface area contributed by atoms with Crippen LogP contribution in [0.25, 0.3) is 0 Å². The molecule has 0 saturated heterocycles. The molecule has 90 valence electrons. The van der Waals surface area contributed by atoms with Crippen molar-refractivity contribution in [2.45, 2.75) is 13.0 Å². The molecule has 1 unspecified atom stereocenters. The Morgan fingerprint density at radius 3 is 2.65 bits per heavy atom. The smallest absolute Gasteiger partial charge is 0.0605 e. The van der Waals surface area contributed by atoms with Gasteiger partial charge in [-0.05, 0) is 31.2 Å². The third-order valence-electron chi connectivity index (χ3n) is 2.86. The zero-order chi connectivity index (χ0) is 12.4. The van der Waals surface area contributed by atoms with Gasteiger partial charge in [-0.25, -0.2) is 0 Å². The van der Waals surface area contributed by atoms with E-state index in [1.807, 2.05) is 31.2 Å². The third-order valence-corrected chi connectivity index (χ3v) is 3.75. The molecule has 2 rings (SSSR count). The number of aromatic nitrogens is 2. The Bertz CT molecular complexity index is 519. The lowest BCUT2D eigenvalue weighted by molar-refractivity contribution is 0.688. The molecule has 1 aromatic carbocycles. The molecule has 0 radical (unpaired) electrons. The van der Waals surface area contributed by atoms with Crippen molar-refractivity contribution in [1.29, 1.82) is 0 Å². The number of hydrogen-bond donors (Lipinski definition) is 1. The van der Waals surface area contributed by atoms with E-state index in [9.17, 15) is 0 Å². The molecule has 2 aromatic rings. The fraction of sp³-hybridized carbons (Fsp3) is 0.308. The first-order valence-electron chi connectivity index (χ1n) is 5.53. The van der Waals surface area contributed by atoms with Crippen molar-refractivity contribution in [3.8, 4) is 0 Å². The lowest BCUT2D eigenvalue weighted by Gasteiger charge is -2.16. The highest BCUT2D eigenvalue weighted by Gasteiger charge is 2.14. The van der Waals surface area contributed by atoms with Crippen LogP contribution in [0.5, 0.6) is 0 Å². The van der Waals surface area contributed by atoms with Gasteiger partial charge >= 0.3 is 0 Å². The van der Waals surface area contributed by atoms with E-state index in [-0.39, 0.29) is 6.04 Å². The standard InChI is InChI=1S/C13H16BrN3/c1-9-6-10(4-5-12(9)14)13(15-2)11-7-16-17(3)8-11/h4-8,13,15H,1-3H3. The quantitative estimate of drug-likeness (QED) is 0.943. The second-order valence-electron chi connectivity index (χ2n) is 4.18. The largest absolute Gasteiger partial charge is 0.309 e. The van der Waals surface area contributed by atoms with Gasteiger partial charge in [0.15, 0.2) is 0 Å². The second-order valence-corrected chi connectivity index (χ2v) is 5.03. The van der Waals surface area contributed by atoms with Crippen molar-refractivity contribution in [1.82, 2.24) is 15.1 Å². The molecule has 1 heterocycles. The molecule has 1 N–H and O–H groups in total. The predicted octanol–water partition coefficient (Wildman–Crippen LogP) is 2.80. The van der Waals surface area contributed by atoms with E-state index in [2.05, 4.69) is 51.5 Å². The van der Waals surface area contributed by atoms with Gasteiger partial charge in [0.1, 0.15) is 0 Å². The van der Waals surface area contributed by atoms with Gasteiger partial charge in [-0.1, -0.05) is 28.1 Å². The van der Waals surface area contributed by atoms with Gasteiger partial charge in [-0.3, -0.25) is 4.68 Å². The molecular formula is C13H16BrN3. The fourth-order valence-electron chi connectivity index (χ4n) is 1.96. The van der Waals surface area contributed by atoms with Gasteiger partial charge < -0.3 is 5.32 Å². The van der Waals surface area contributed by atoms with Gasteiger partial charge in [-0.15, -0.1) is 0 Å². The summed E-state index contributed by atoms with van der Waals surface area (Å²) in [6.45, 7) is 2.10. The molecule has 4 heteroatoms. The highest BCUT2D eigenvalue weighted by molar-refractivity contribution is 9.10. The predicted molar refractivity (Wildman–Crippen MR) is 73.0 cm³/mol. The van der Waals surface area contributed by atoms with E-state index in [4.69, 9.17) is 0 Å². The topological polar surface area (TPSA) is 29.9 Å². The SMILES string of the molecule is CNC(c1ccc(Br)c(C)c1)c1cnn(C)c1. The molecule has 0 aliphatic heterocycles. The van der Waals surface area contributed by atoms with Crippen LogP contribution in [0.15, 0.2) is 35.1 Å². The molecular weight excluding hydrogens is 278 g/mol. The lowest BCUT2D eigenvalue weighted by atomic mass is 10.0. The summed E-state index contributed by atoms with van der Waals surface area (Å²) in [6, 6.07) is 6.60. The molecule has 17 heavy (non-hydrogen) atoms. The summed E-state index contributed by atoms with van der Waals surface area (Å²) in [4.78, 5) is 0. The summed E-state index contributed by atoms with van der Waals surface area (Å²) < 4.78 is 2.97. The first kappa shape index (κ1) is 12.3. The molecule has 0 aliphatic rings. The van der Waals surface area contributed by atoms with E-state index in [1.54, 1.807) is 0 Å². The number of benzene rings is 1. The summed E-state index contributed by atoms with van der Waals surface area (Å²) in [7, 11) is 3.90. The summed E-state index contributed by atoms with van der Waals surface area (Å²) in [6.07, 6.45) is 3.94. The molecule has 0 spiro atoms. The molecule has 0 saturated carbocycles. The Morgan fingerprint density at radius 2 is 2.12 bits per heavy atom. The average Bonchev–Trinajstić information content (AvgIpc) is 2.71. The van der Waals surface area contributed by atoms with E-state index >= 15 is 0 Å². The van der Waals surface area contributed by atoms with Gasteiger partial charge in [0.25, 0.3) is 0 Å². The zero-order valence-electron chi connectivity index (χ0n) is 10.2. The summed E-state index contributed by atoms with van der Waals surface area (Å²) in [5.74, 6) is 0. The number of rotatable bonds is 3. The van der Waals surface area contributed by atoms with Crippen LogP contribution in [-0.2, 0) is 7.05 Å². The van der Waals surface area contributed by atoms with Crippen LogP contribution in [0, 0.1) is 6.92 Å². The second kappa shape index (κ2) is 5.02. The van der Waals surface area contributed by atoms with Crippen molar-refractivity contribution < 1.29 is 0 Å². The number of nitrogens with zero attached hydrogens (tertiary/aromatic N) is 2. The first-order chi connectivity index (χ1) is 8.11. The van der Waals surface area contributed by atoms with Crippen molar-refractivity contribution in [3.05, 3.63) is 51.8 Å². The molecule has 0 fully saturated rings. The van der Waals surface area contributed by atoms with Crippen molar-refractivity contribution >= 4 is 15.9 Å². The van der Waals surface area contributed by atoms with E-state index < -0.39 is 0 Å². The van der Waals surface area contributed by atoms with Gasteiger partial charge in [0, 0.05) is 23.3 Å². The van der Waals surface area contributed by atoms with Crippen LogP contribution in [0.3, 0.4) is 0 Å². The molecule has 3 nitrogen and oxygen atoms in total. The Morgan fingerprint density at radius 1 is 1.35 bits per heavy atom. The Balaban J connectivity index is 2.38. The molecule has 0 amide bonds.